The molecule has 0 radical (unpaired) electrons. The highest BCUT2D eigenvalue weighted by Gasteiger charge is 2.53. The molecule has 0 spiro atoms. The Kier molecular flexibility index (Phi) is 3.27. The summed E-state index contributed by atoms with van der Waals surface area (Å²) in [5.41, 5.74) is 2.46. The molecule has 1 saturated carbocycles. The van der Waals surface area contributed by atoms with Crippen molar-refractivity contribution in [1.82, 2.24) is 15.1 Å². The molecule has 4 rings (SSSR count). The minimum atomic E-state index is -0.421. The first-order valence-electron chi connectivity index (χ1n) is 7.68. The number of phenols is 1. The summed E-state index contributed by atoms with van der Waals surface area (Å²) in [5, 5.41) is 17.8. The van der Waals surface area contributed by atoms with Crippen LogP contribution in [0.25, 0.3) is 0 Å². The number of carbonyl (C=O) groups excluding carboxylic acids is 1. The maximum atomic E-state index is 13.1. The Morgan fingerprint density at radius 2 is 1.96 bits per heavy atom. The van der Waals surface area contributed by atoms with E-state index in [0.717, 1.165) is 29.7 Å². The van der Waals surface area contributed by atoms with Gasteiger partial charge in [0.05, 0.1) is 11.1 Å². The lowest BCUT2D eigenvalue weighted by molar-refractivity contribution is -0.135. The summed E-state index contributed by atoms with van der Waals surface area (Å²) in [4.78, 5) is 14.9. The third-order valence-electron chi connectivity index (χ3n) is 4.78. The fourth-order valence-corrected chi connectivity index (χ4v) is 3.48. The lowest BCUT2D eigenvalue weighted by Crippen LogP contribution is -2.42. The van der Waals surface area contributed by atoms with E-state index < -0.39 is 5.41 Å². The first-order chi connectivity index (χ1) is 11.1. The minimum Gasteiger partial charge on any atom is -0.508 e. The number of rotatable bonds is 2. The molecule has 0 atom stereocenters. The van der Waals surface area contributed by atoms with Gasteiger partial charge < -0.3 is 10.0 Å². The zero-order valence-corrected chi connectivity index (χ0v) is 13.3. The van der Waals surface area contributed by atoms with Crippen molar-refractivity contribution in [3.63, 3.8) is 0 Å². The van der Waals surface area contributed by atoms with Crippen LogP contribution in [0.3, 0.4) is 0 Å². The van der Waals surface area contributed by atoms with Crippen LogP contribution in [-0.2, 0) is 23.2 Å². The molecule has 1 aromatic heterocycles. The van der Waals surface area contributed by atoms with E-state index in [1.807, 2.05) is 17.0 Å². The summed E-state index contributed by atoms with van der Waals surface area (Å²) < 4.78 is 0. The minimum absolute atomic E-state index is 0.154. The number of amides is 1. The summed E-state index contributed by atoms with van der Waals surface area (Å²) in [6.07, 6.45) is 2.42. The van der Waals surface area contributed by atoms with E-state index >= 15 is 0 Å². The van der Waals surface area contributed by atoms with Gasteiger partial charge in [0, 0.05) is 19.5 Å². The van der Waals surface area contributed by atoms with Crippen LogP contribution >= 0.6 is 11.6 Å². The average Bonchev–Trinajstić information content (AvgIpc) is 3.36. The molecule has 2 aliphatic rings. The van der Waals surface area contributed by atoms with Gasteiger partial charge in [-0.25, -0.2) is 0 Å². The quantitative estimate of drug-likeness (QED) is 0.919. The number of nitrogens with zero attached hydrogens (tertiary/aromatic N) is 3. The van der Waals surface area contributed by atoms with Gasteiger partial charge in [-0.15, -0.1) is 5.10 Å². The molecule has 1 N–H and O–H groups in total. The maximum Gasteiger partial charge on any atom is 0.233 e. The summed E-state index contributed by atoms with van der Waals surface area (Å²) in [5.74, 6) is 0.374. The number of hydrogen-bond acceptors (Lipinski definition) is 4. The molecule has 5 nitrogen and oxygen atoms in total. The van der Waals surface area contributed by atoms with Crippen molar-refractivity contribution < 1.29 is 9.90 Å². The fraction of sp³-hybridized carbons (Fsp3) is 0.353. The summed E-state index contributed by atoms with van der Waals surface area (Å²) >= 11 is 5.92. The summed E-state index contributed by atoms with van der Waals surface area (Å²) in [6, 6.07) is 8.78. The van der Waals surface area contributed by atoms with E-state index in [1.165, 1.54) is 0 Å². The number of fused-ring (bicyclic) bond motifs is 1. The smallest absolute Gasteiger partial charge is 0.233 e. The van der Waals surface area contributed by atoms with Gasteiger partial charge in [-0.05, 0) is 42.2 Å². The van der Waals surface area contributed by atoms with Gasteiger partial charge in [0.25, 0.3) is 0 Å². The standard InChI is InChI=1S/C17H16ClN3O2/c18-15-9-11-10-21(8-5-14(11)19-20-15)16(23)17(6-7-17)12-1-3-13(22)4-2-12/h1-4,9,22H,5-8,10H2. The Morgan fingerprint density at radius 1 is 1.22 bits per heavy atom. The van der Waals surface area contributed by atoms with Crippen LogP contribution < -0.4 is 0 Å². The van der Waals surface area contributed by atoms with Crippen LogP contribution in [0.4, 0.5) is 0 Å². The van der Waals surface area contributed by atoms with Gasteiger partial charge in [0.2, 0.25) is 5.91 Å². The zero-order valence-electron chi connectivity index (χ0n) is 12.5. The second-order valence-electron chi connectivity index (χ2n) is 6.24. The van der Waals surface area contributed by atoms with Crippen molar-refractivity contribution in [2.24, 2.45) is 0 Å². The number of benzene rings is 1. The third-order valence-corrected chi connectivity index (χ3v) is 4.96. The van der Waals surface area contributed by atoms with E-state index in [9.17, 15) is 9.90 Å². The Balaban J connectivity index is 1.59. The Bertz CT molecular complexity index is 772. The van der Waals surface area contributed by atoms with Gasteiger partial charge in [0.1, 0.15) is 5.75 Å². The predicted octanol–water partition coefficient (Wildman–Crippen LogP) is 2.45. The fourth-order valence-electron chi connectivity index (χ4n) is 3.31. The molecule has 0 saturated heterocycles. The molecule has 1 aromatic carbocycles. The molecule has 1 amide bonds. The van der Waals surface area contributed by atoms with Crippen LogP contribution in [-0.4, -0.2) is 32.7 Å². The van der Waals surface area contributed by atoms with E-state index in [0.29, 0.717) is 24.7 Å². The number of halogens is 1. The molecular formula is C17H16ClN3O2. The lowest BCUT2D eigenvalue weighted by atomic mass is 9.93. The average molecular weight is 330 g/mol. The Morgan fingerprint density at radius 3 is 2.65 bits per heavy atom. The van der Waals surface area contributed by atoms with Crippen molar-refractivity contribution in [2.45, 2.75) is 31.2 Å². The van der Waals surface area contributed by atoms with Crippen LogP contribution in [0, 0.1) is 0 Å². The highest BCUT2D eigenvalue weighted by Crippen LogP contribution is 2.50. The monoisotopic (exact) mass is 329 g/mol. The SMILES string of the molecule is O=C(N1CCc2nnc(Cl)cc2C1)C1(c2ccc(O)cc2)CC1. The van der Waals surface area contributed by atoms with Gasteiger partial charge in [0.15, 0.2) is 5.15 Å². The van der Waals surface area contributed by atoms with Crippen molar-refractivity contribution in [2.75, 3.05) is 6.54 Å². The summed E-state index contributed by atoms with van der Waals surface area (Å²) in [7, 11) is 0. The molecule has 1 aliphatic heterocycles. The molecule has 0 bridgehead atoms. The van der Waals surface area contributed by atoms with Gasteiger partial charge in [-0.2, -0.15) is 5.10 Å². The Labute approximate surface area is 138 Å². The summed E-state index contributed by atoms with van der Waals surface area (Å²) in [6.45, 7) is 1.19. The van der Waals surface area contributed by atoms with Crippen molar-refractivity contribution >= 4 is 17.5 Å². The van der Waals surface area contributed by atoms with Crippen molar-refractivity contribution in [3.8, 4) is 5.75 Å². The lowest BCUT2D eigenvalue weighted by Gasteiger charge is -2.31. The van der Waals surface area contributed by atoms with Crippen LogP contribution in [0.5, 0.6) is 5.75 Å². The van der Waals surface area contributed by atoms with Crippen LogP contribution in [0.15, 0.2) is 30.3 Å². The largest absolute Gasteiger partial charge is 0.508 e. The zero-order chi connectivity index (χ0) is 16.0. The number of hydrogen-bond donors (Lipinski definition) is 1. The molecule has 23 heavy (non-hydrogen) atoms. The van der Waals surface area contributed by atoms with Crippen molar-refractivity contribution in [1.29, 1.82) is 0 Å². The second-order valence-corrected chi connectivity index (χ2v) is 6.63. The molecule has 2 heterocycles. The molecule has 1 aliphatic carbocycles. The number of aromatic hydroxyl groups is 1. The normalized spacial score (nSPS) is 18.4. The second kappa shape index (κ2) is 5.20. The third kappa shape index (κ3) is 2.45. The molecule has 6 heteroatoms. The highest BCUT2D eigenvalue weighted by atomic mass is 35.5. The molecule has 2 aromatic rings. The Hall–Kier alpha value is -2.14. The number of aromatic nitrogens is 2. The molecule has 118 valence electrons. The first kappa shape index (κ1) is 14.5. The topological polar surface area (TPSA) is 66.3 Å². The van der Waals surface area contributed by atoms with Gasteiger partial charge >= 0.3 is 0 Å². The van der Waals surface area contributed by atoms with Crippen molar-refractivity contribution in [3.05, 3.63) is 52.3 Å². The molecular weight excluding hydrogens is 314 g/mol. The number of carbonyl (C=O) groups is 1. The van der Waals surface area contributed by atoms with E-state index in [4.69, 9.17) is 11.6 Å². The number of phenolic OH excluding ortho intramolecular Hbond substituents is 1. The highest BCUT2D eigenvalue weighted by molar-refractivity contribution is 6.29. The van der Waals surface area contributed by atoms with Crippen LogP contribution in [0.1, 0.15) is 29.7 Å². The van der Waals surface area contributed by atoms with Crippen LogP contribution in [0.2, 0.25) is 5.15 Å². The van der Waals surface area contributed by atoms with E-state index in [-0.39, 0.29) is 11.7 Å². The van der Waals surface area contributed by atoms with Gasteiger partial charge in [-0.1, -0.05) is 23.7 Å². The predicted molar refractivity (Wildman–Crippen MR) is 85.2 cm³/mol. The molecule has 0 unspecified atom stereocenters. The first-order valence-corrected chi connectivity index (χ1v) is 8.06. The van der Waals surface area contributed by atoms with E-state index in [2.05, 4.69) is 10.2 Å². The van der Waals surface area contributed by atoms with Gasteiger partial charge in [-0.3, -0.25) is 4.79 Å². The molecule has 1 fully saturated rings. The maximum absolute atomic E-state index is 13.1. The van der Waals surface area contributed by atoms with E-state index in [1.54, 1.807) is 18.2 Å².